The molecule has 0 amide bonds. The third kappa shape index (κ3) is 1.20. The fourth-order valence-corrected chi connectivity index (χ4v) is 2.96. The topological polar surface area (TPSA) is 0 Å². The molecule has 0 aromatic carbocycles. The molecule has 0 spiro atoms. The van der Waals surface area contributed by atoms with E-state index in [0.29, 0.717) is 0 Å². The van der Waals surface area contributed by atoms with E-state index in [4.69, 9.17) is 0 Å². The van der Waals surface area contributed by atoms with Crippen molar-refractivity contribution in [1.82, 2.24) is 0 Å². The lowest BCUT2D eigenvalue weighted by Gasteiger charge is -2.24. The van der Waals surface area contributed by atoms with Gasteiger partial charge in [-0.15, -0.1) is 0 Å². The molecule has 0 aliphatic heterocycles. The molecule has 2 atom stereocenters. The Bertz CT molecular complexity index is 304. The van der Waals surface area contributed by atoms with Crippen LogP contribution < -0.4 is 0 Å². The van der Waals surface area contributed by atoms with Gasteiger partial charge in [-0.25, -0.2) is 0 Å². The first kappa shape index (κ1) is 7.61. The van der Waals surface area contributed by atoms with E-state index in [9.17, 15) is 0 Å². The van der Waals surface area contributed by atoms with Crippen LogP contribution >= 0.6 is 0 Å². The maximum Gasteiger partial charge on any atom is -0.0161 e. The van der Waals surface area contributed by atoms with Gasteiger partial charge in [-0.3, -0.25) is 0 Å². The standard InChI is InChI=1S/C13H16/c1-2-5-11-9-13-7-3-6-12(13)8-10(11)4-1/h1,4,8-9,12-13H,2-3,5-7H2. The quantitative estimate of drug-likeness (QED) is 0.523. The van der Waals surface area contributed by atoms with Crippen molar-refractivity contribution in [3.05, 3.63) is 35.5 Å². The van der Waals surface area contributed by atoms with Gasteiger partial charge in [0, 0.05) is 0 Å². The number of rotatable bonds is 0. The molecule has 0 bridgehead atoms. The molecule has 0 heteroatoms. The SMILES string of the molecule is C1=CC2=CC3CCCC3C=C2CC1. The van der Waals surface area contributed by atoms with Crippen molar-refractivity contribution >= 4 is 0 Å². The van der Waals surface area contributed by atoms with Crippen LogP contribution in [0.1, 0.15) is 32.1 Å². The minimum absolute atomic E-state index is 0.876. The highest BCUT2D eigenvalue weighted by Crippen LogP contribution is 2.41. The predicted molar refractivity (Wildman–Crippen MR) is 55.4 cm³/mol. The number of hydrogen-bond donors (Lipinski definition) is 0. The fraction of sp³-hybridized carbons (Fsp3) is 0.538. The van der Waals surface area contributed by atoms with Gasteiger partial charge >= 0.3 is 0 Å². The predicted octanol–water partition coefficient (Wildman–Crippen LogP) is 3.62. The molecule has 13 heavy (non-hydrogen) atoms. The summed E-state index contributed by atoms with van der Waals surface area (Å²) in [6.07, 6.45) is 16.6. The Morgan fingerprint density at radius 2 is 1.92 bits per heavy atom. The Morgan fingerprint density at radius 3 is 2.85 bits per heavy atom. The Labute approximate surface area is 80.0 Å². The Balaban J connectivity index is 1.98. The van der Waals surface area contributed by atoms with Gasteiger partial charge in [0.1, 0.15) is 0 Å². The van der Waals surface area contributed by atoms with Crippen molar-refractivity contribution in [2.75, 3.05) is 0 Å². The monoisotopic (exact) mass is 172 g/mol. The molecule has 3 aliphatic rings. The summed E-state index contributed by atoms with van der Waals surface area (Å²) >= 11 is 0. The lowest BCUT2D eigenvalue weighted by atomic mass is 9.81. The molecule has 1 fully saturated rings. The van der Waals surface area contributed by atoms with Crippen LogP contribution in [0.4, 0.5) is 0 Å². The van der Waals surface area contributed by atoms with Gasteiger partial charge in [0.2, 0.25) is 0 Å². The van der Waals surface area contributed by atoms with Crippen molar-refractivity contribution in [2.24, 2.45) is 11.8 Å². The fourth-order valence-electron chi connectivity index (χ4n) is 2.96. The summed E-state index contributed by atoms with van der Waals surface area (Å²) in [5.41, 5.74) is 3.17. The molecule has 0 heterocycles. The largest absolute Gasteiger partial charge is 0.0836 e. The summed E-state index contributed by atoms with van der Waals surface area (Å²) in [5.74, 6) is 1.77. The highest BCUT2D eigenvalue weighted by molar-refractivity contribution is 5.45. The summed E-state index contributed by atoms with van der Waals surface area (Å²) in [5, 5.41) is 0. The number of allylic oxidation sites excluding steroid dienone is 6. The van der Waals surface area contributed by atoms with E-state index in [1.54, 1.807) is 5.57 Å². The minimum atomic E-state index is 0.876. The highest BCUT2D eigenvalue weighted by atomic mass is 14.3. The molecular formula is C13H16. The van der Waals surface area contributed by atoms with E-state index >= 15 is 0 Å². The smallest absolute Gasteiger partial charge is 0.0161 e. The summed E-state index contributed by atoms with van der Waals surface area (Å²) in [4.78, 5) is 0. The third-order valence-electron chi connectivity index (χ3n) is 3.68. The third-order valence-corrected chi connectivity index (χ3v) is 3.68. The van der Waals surface area contributed by atoms with Crippen LogP contribution in [0.15, 0.2) is 35.5 Å². The normalized spacial score (nSPS) is 36.3. The van der Waals surface area contributed by atoms with Gasteiger partial charge in [-0.2, -0.15) is 0 Å². The van der Waals surface area contributed by atoms with Gasteiger partial charge in [-0.1, -0.05) is 30.7 Å². The first-order valence-corrected chi connectivity index (χ1v) is 5.53. The molecule has 3 rings (SSSR count). The van der Waals surface area contributed by atoms with E-state index < -0.39 is 0 Å². The van der Waals surface area contributed by atoms with E-state index in [-0.39, 0.29) is 0 Å². The van der Waals surface area contributed by atoms with Crippen molar-refractivity contribution in [2.45, 2.75) is 32.1 Å². The van der Waals surface area contributed by atoms with E-state index in [2.05, 4.69) is 24.3 Å². The van der Waals surface area contributed by atoms with Crippen LogP contribution in [0.5, 0.6) is 0 Å². The number of fused-ring (bicyclic) bond motifs is 2. The highest BCUT2D eigenvalue weighted by Gasteiger charge is 2.28. The van der Waals surface area contributed by atoms with E-state index in [1.165, 1.54) is 37.7 Å². The van der Waals surface area contributed by atoms with Crippen LogP contribution in [-0.4, -0.2) is 0 Å². The van der Waals surface area contributed by atoms with Crippen LogP contribution in [0.3, 0.4) is 0 Å². The molecule has 0 aromatic heterocycles. The maximum atomic E-state index is 2.57. The molecule has 0 nitrogen and oxygen atoms in total. The molecule has 1 saturated carbocycles. The van der Waals surface area contributed by atoms with E-state index in [0.717, 1.165) is 11.8 Å². The Kier molecular flexibility index (Phi) is 1.68. The van der Waals surface area contributed by atoms with Gasteiger partial charge in [0.05, 0.1) is 0 Å². The molecule has 0 saturated heterocycles. The zero-order valence-corrected chi connectivity index (χ0v) is 8.00. The second-order valence-electron chi connectivity index (χ2n) is 4.51. The average Bonchev–Trinajstić information content (AvgIpc) is 2.61. The van der Waals surface area contributed by atoms with Gasteiger partial charge in [-0.05, 0) is 48.7 Å². The zero-order valence-electron chi connectivity index (χ0n) is 8.00. The molecule has 0 radical (unpaired) electrons. The molecule has 0 aromatic rings. The summed E-state index contributed by atoms with van der Waals surface area (Å²) in [6.45, 7) is 0. The molecule has 3 aliphatic carbocycles. The molecular weight excluding hydrogens is 156 g/mol. The summed E-state index contributed by atoms with van der Waals surface area (Å²) in [7, 11) is 0. The first-order chi connectivity index (χ1) is 6.43. The minimum Gasteiger partial charge on any atom is -0.0836 e. The second kappa shape index (κ2) is 2.87. The molecule has 2 unspecified atom stereocenters. The van der Waals surface area contributed by atoms with Crippen molar-refractivity contribution < 1.29 is 0 Å². The maximum absolute atomic E-state index is 2.57. The van der Waals surface area contributed by atoms with Gasteiger partial charge in [0.25, 0.3) is 0 Å². The van der Waals surface area contributed by atoms with Gasteiger partial charge in [0.15, 0.2) is 0 Å². The second-order valence-corrected chi connectivity index (χ2v) is 4.51. The zero-order chi connectivity index (χ0) is 8.67. The molecule has 68 valence electrons. The number of hydrogen-bond acceptors (Lipinski definition) is 0. The summed E-state index contributed by atoms with van der Waals surface area (Å²) in [6, 6.07) is 0. The lowest BCUT2D eigenvalue weighted by molar-refractivity contribution is 0.541. The van der Waals surface area contributed by atoms with Crippen LogP contribution in [0, 0.1) is 11.8 Å². The van der Waals surface area contributed by atoms with Crippen molar-refractivity contribution in [3.63, 3.8) is 0 Å². The Morgan fingerprint density at radius 1 is 1.08 bits per heavy atom. The lowest BCUT2D eigenvalue weighted by Crippen LogP contribution is -2.11. The molecule has 0 N–H and O–H groups in total. The first-order valence-electron chi connectivity index (χ1n) is 5.53. The summed E-state index contributed by atoms with van der Waals surface area (Å²) < 4.78 is 0. The van der Waals surface area contributed by atoms with Crippen molar-refractivity contribution in [3.8, 4) is 0 Å². The van der Waals surface area contributed by atoms with Crippen molar-refractivity contribution in [1.29, 1.82) is 0 Å². The average molecular weight is 172 g/mol. The van der Waals surface area contributed by atoms with Gasteiger partial charge < -0.3 is 0 Å². The van der Waals surface area contributed by atoms with Crippen LogP contribution in [0.25, 0.3) is 0 Å². The van der Waals surface area contributed by atoms with E-state index in [1.807, 2.05) is 0 Å². The Hall–Kier alpha value is -0.780. The van der Waals surface area contributed by atoms with Crippen LogP contribution in [-0.2, 0) is 0 Å². The van der Waals surface area contributed by atoms with Crippen LogP contribution in [0.2, 0.25) is 0 Å².